The van der Waals surface area contributed by atoms with E-state index in [1.54, 1.807) is 12.3 Å². The van der Waals surface area contributed by atoms with E-state index in [0.29, 0.717) is 40.5 Å². The van der Waals surface area contributed by atoms with E-state index >= 15 is 0 Å². The second-order valence-electron chi connectivity index (χ2n) is 7.53. The Morgan fingerprint density at radius 1 is 1.19 bits per heavy atom. The number of Topliss-reactive ketones (excluding diaryl/α,β-unsaturated/α-hetero) is 1. The van der Waals surface area contributed by atoms with Crippen LogP contribution in [0.15, 0.2) is 39.7 Å². The first-order valence-corrected chi connectivity index (χ1v) is 8.45. The van der Waals surface area contributed by atoms with Crippen LogP contribution in [0.1, 0.15) is 36.2 Å². The first-order valence-electron chi connectivity index (χ1n) is 8.45. The van der Waals surface area contributed by atoms with Crippen LogP contribution in [0.5, 0.6) is 0 Å². The lowest BCUT2D eigenvalue weighted by atomic mass is 9.73. The number of para-hydroxylation sites is 2. The van der Waals surface area contributed by atoms with Crippen LogP contribution in [0, 0.1) is 5.41 Å². The molecule has 0 fully saturated rings. The molecule has 0 bridgehead atoms. The number of hydrogen-bond donors (Lipinski definition) is 1. The summed E-state index contributed by atoms with van der Waals surface area (Å²) < 4.78 is 6.95. The van der Waals surface area contributed by atoms with Gasteiger partial charge in [0.15, 0.2) is 17.0 Å². The fraction of sp³-hybridized carbons (Fsp3) is 0.263. The highest BCUT2D eigenvalue weighted by Crippen LogP contribution is 2.36. The lowest BCUT2D eigenvalue weighted by molar-refractivity contribution is 0.0912. The highest BCUT2D eigenvalue weighted by molar-refractivity contribution is 6.02. The van der Waals surface area contributed by atoms with Crippen LogP contribution >= 0.6 is 0 Å². The number of H-pyrrole nitrogens is 1. The minimum Gasteiger partial charge on any atom is -0.422 e. The number of rotatable bonds is 1. The number of aromatic nitrogens is 4. The molecule has 0 spiro atoms. The molecule has 0 unspecified atom stereocenters. The molecule has 5 rings (SSSR count). The predicted octanol–water partition coefficient (Wildman–Crippen LogP) is 3.01. The number of hydrogen-bond acceptors (Lipinski definition) is 5. The van der Waals surface area contributed by atoms with E-state index in [4.69, 9.17) is 4.42 Å². The SMILES string of the molecule is CC1(C)CC(=O)c2cnc3[nH]n(-c4nc5ccccc5o4)c(=O)c3c2C1. The van der Waals surface area contributed by atoms with Crippen molar-refractivity contribution in [3.8, 4) is 6.01 Å². The van der Waals surface area contributed by atoms with Gasteiger partial charge in [0.2, 0.25) is 0 Å². The van der Waals surface area contributed by atoms with Crippen LogP contribution in [0.3, 0.4) is 0 Å². The number of benzene rings is 1. The number of aromatic amines is 1. The van der Waals surface area contributed by atoms with Gasteiger partial charge in [-0.2, -0.15) is 9.67 Å². The number of ketones is 1. The fourth-order valence-corrected chi connectivity index (χ4v) is 3.72. The standard InChI is InChI=1S/C19H16N4O3/c1-19(2)7-10-11(13(24)8-19)9-20-16-15(10)17(25)23(22-16)18-21-12-5-3-4-6-14(12)26-18/h3-6,9H,7-8H2,1-2H3,(H,20,22). The average Bonchev–Trinajstić information content (AvgIpc) is 3.14. The van der Waals surface area contributed by atoms with Gasteiger partial charge in [0.05, 0.1) is 5.39 Å². The summed E-state index contributed by atoms with van der Waals surface area (Å²) in [6, 6.07) is 7.47. The van der Waals surface area contributed by atoms with E-state index in [1.807, 2.05) is 32.0 Å². The molecule has 0 saturated heterocycles. The Kier molecular flexibility index (Phi) is 2.84. The maximum Gasteiger partial charge on any atom is 0.325 e. The molecule has 0 saturated carbocycles. The molecule has 0 amide bonds. The normalized spacial score (nSPS) is 16.3. The number of fused-ring (bicyclic) bond motifs is 4. The highest BCUT2D eigenvalue weighted by atomic mass is 16.4. The molecule has 4 aromatic rings. The fourth-order valence-electron chi connectivity index (χ4n) is 3.72. The third-order valence-electron chi connectivity index (χ3n) is 4.89. The van der Waals surface area contributed by atoms with E-state index in [-0.39, 0.29) is 22.8 Å². The van der Waals surface area contributed by atoms with Gasteiger partial charge < -0.3 is 4.42 Å². The summed E-state index contributed by atoms with van der Waals surface area (Å²) in [4.78, 5) is 34.2. The summed E-state index contributed by atoms with van der Waals surface area (Å²) >= 11 is 0. The van der Waals surface area contributed by atoms with Crippen LogP contribution < -0.4 is 5.56 Å². The maximum atomic E-state index is 13.1. The minimum atomic E-state index is -0.304. The zero-order valence-corrected chi connectivity index (χ0v) is 14.4. The third kappa shape index (κ3) is 2.06. The number of nitrogens with zero attached hydrogens (tertiary/aromatic N) is 3. The number of pyridine rings is 1. The van der Waals surface area contributed by atoms with Gasteiger partial charge in [-0.15, -0.1) is 0 Å². The first kappa shape index (κ1) is 15.1. The van der Waals surface area contributed by atoms with Gasteiger partial charge in [0, 0.05) is 18.2 Å². The summed E-state index contributed by atoms with van der Waals surface area (Å²) in [6.07, 6.45) is 2.66. The van der Waals surface area contributed by atoms with Crippen molar-refractivity contribution >= 4 is 27.9 Å². The van der Waals surface area contributed by atoms with Crippen molar-refractivity contribution < 1.29 is 9.21 Å². The highest BCUT2D eigenvalue weighted by Gasteiger charge is 2.34. The van der Waals surface area contributed by atoms with Crippen LogP contribution in [0.25, 0.3) is 28.1 Å². The van der Waals surface area contributed by atoms with E-state index in [9.17, 15) is 9.59 Å². The number of carbonyl (C=O) groups is 1. The van der Waals surface area contributed by atoms with Crippen molar-refractivity contribution in [2.75, 3.05) is 0 Å². The minimum absolute atomic E-state index is 0.0275. The molecule has 1 N–H and O–H groups in total. The molecule has 3 aromatic heterocycles. The van der Waals surface area contributed by atoms with Gasteiger partial charge in [-0.05, 0) is 29.5 Å². The Morgan fingerprint density at radius 3 is 2.81 bits per heavy atom. The number of carbonyl (C=O) groups excluding carboxylic acids is 1. The van der Waals surface area contributed by atoms with Gasteiger partial charge in [-0.3, -0.25) is 14.7 Å². The molecule has 1 aliphatic carbocycles. The van der Waals surface area contributed by atoms with Crippen molar-refractivity contribution in [3.05, 3.63) is 51.9 Å². The summed E-state index contributed by atoms with van der Waals surface area (Å²) in [6.45, 7) is 4.07. The van der Waals surface area contributed by atoms with Gasteiger partial charge in [-0.1, -0.05) is 26.0 Å². The summed E-state index contributed by atoms with van der Waals surface area (Å²) in [5.41, 5.74) is 2.50. The Labute approximate surface area is 147 Å². The summed E-state index contributed by atoms with van der Waals surface area (Å²) in [7, 11) is 0. The maximum absolute atomic E-state index is 13.1. The van der Waals surface area contributed by atoms with Gasteiger partial charge in [0.1, 0.15) is 5.52 Å². The smallest absolute Gasteiger partial charge is 0.325 e. The van der Waals surface area contributed by atoms with Crippen molar-refractivity contribution in [2.45, 2.75) is 26.7 Å². The van der Waals surface area contributed by atoms with Crippen molar-refractivity contribution in [1.82, 2.24) is 19.7 Å². The van der Waals surface area contributed by atoms with Gasteiger partial charge in [0.25, 0.3) is 5.56 Å². The molecule has 0 aliphatic heterocycles. The Bertz CT molecular complexity index is 1230. The van der Waals surface area contributed by atoms with Crippen molar-refractivity contribution in [3.63, 3.8) is 0 Å². The third-order valence-corrected chi connectivity index (χ3v) is 4.89. The van der Waals surface area contributed by atoms with Crippen LogP contribution in [-0.4, -0.2) is 25.5 Å². The lowest BCUT2D eigenvalue weighted by Gasteiger charge is -2.29. The Balaban J connectivity index is 1.78. The first-order chi connectivity index (χ1) is 12.4. The molecular weight excluding hydrogens is 332 g/mol. The van der Waals surface area contributed by atoms with Crippen LogP contribution in [0.2, 0.25) is 0 Å². The molecule has 1 aromatic carbocycles. The van der Waals surface area contributed by atoms with Crippen LogP contribution in [0.4, 0.5) is 0 Å². The Morgan fingerprint density at radius 2 is 2.00 bits per heavy atom. The van der Waals surface area contributed by atoms with Crippen molar-refractivity contribution in [1.29, 1.82) is 0 Å². The molecule has 0 radical (unpaired) electrons. The summed E-state index contributed by atoms with van der Waals surface area (Å²) in [5, 5.41) is 3.39. The zero-order chi connectivity index (χ0) is 18.1. The molecule has 7 nitrogen and oxygen atoms in total. The molecule has 26 heavy (non-hydrogen) atoms. The molecule has 7 heteroatoms. The molecule has 0 atom stereocenters. The second-order valence-corrected chi connectivity index (χ2v) is 7.53. The molecular formula is C19H16N4O3. The molecule has 130 valence electrons. The second kappa shape index (κ2) is 4.91. The van der Waals surface area contributed by atoms with Crippen LogP contribution in [-0.2, 0) is 6.42 Å². The zero-order valence-electron chi connectivity index (χ0n) is 14.4. The quantitative estimate of drug-likeness (QED) is 0.571. The molecule has 3 heterocycles. The average molecular weight is 348 g/mol. The largest absolute Gasteiger partial charge is 0.422 e. The topological polar surface area (TPSA) is 93.8 Å². The van der Waals surface area contributed by atoms with Gasteiger partial charge >= 0.3 is 6.01 Å². The monoisotopic (exact) mass is 348 g/mol. The van der Waals surface area contributed by atoms with E-state index in [2.05, 4.69) is 15.1 Å². The van der Waals surface area contributed by atoms with E-state index in [1.165, 1.54) is 4.68 Å². The van der Waals surface area contributed by atoms with Crippen molar-refractivity contribution in [2.24, 2.45) is 5.41 Å². The lowest BCUT2D eigenvalue weighted by Crippen LogP contribution is -2.28. The van der Waals surface area contributed by atoms with Gasteiger partial charge in [-0.25, -0.2) is 4.98 Å². The van der Waals surface area contributed by atoms with E-state index < -0.39 is 0 Å². The predicted molar refractivity (Wildman–Crippen MR) is 95.7 cm³/mol. The molecule has 1 aliphatic rings. The summed E-state index contributed by atoms with van der Waals surface area (Å²) in [5.74, 6) is 0.0275. The van der Waals surface area contributed by atoms with E-state index in [0.717, 1.165) is 5.56 Å². The Hall–Kier alpha value is -3.22. The number of oxazole rings is 1. The number of nitrogens with one attached hydrogen (secondary N) is 1.